The molecular weight excluding hydrogens is 303 g/mol. The molecule has 1 aliphatic rings. The van der Waals surface area contributed by atoms with Gasteiger partial charge in [-0.25, -0.2) is 4.21 Å². The quantitative estimate of drug-likeness (QED) is 0.798. The lowest BCUT2D eigenvalue weighted by atomic mass is 10.1. The summed E-state index contributed by atoms with van der Waals surface area (Å²) in [7, 11) is -2.84. The number of pyridine rings is 1. The van der Waals surface area contributed by atoms with Crippen LogP contribution < -0.4 is 0 Å². The molecule has 4 nitrogen and oxygen atoms in total. The van der Waals surface area contributed by atoms with Gasteiger partial charge in [-0.15, -0.1) is 4.36 Å². The van der Waals surface area contributed by atoms with Crippen molar-refractivity contribution < 1.29 is 17.4 Å². The predicted octanol–water partition coefficient (Wildman–Crippen LogP) is 3.52. The summed E-state index contributed by atoms with van der Waals surface area (Å²) in [5, 5.41) is 8.07. The van der Waals surface area contributed by atoms with Crippen molar-refractivity contribution in [2.75, 3.05) is 6.26 Å². The number of hydrogen-bond donors (Lipinski definition) is 0. The normalized spacial score (nSPS) is 19.4. The van der Waals surface area contributed by atoms with Gasteiger partial charge in [0.1, 0.15) is 5.69 Å². The lowest BCUT2D eigenvalue weighted by Crippen LogP contribution is -2.14. The number of aromatic nitrogens is 1. The highest BCUT2D eigenvalue weighted by Crippen LogP contribution is 2.41. The van der Waals surface area contributed by atoms with E-state index in [4.69, 9.17) is 5.26 Å². The highest BCUT2D eigenvalue weighted by Gasteiger charge is 2.34. The summed E-state index contributed by atoms with van der Waals surface area (Å²) in [5.41, 5.74) is -0.558. The smallest absolute Gasteiger partial charge is 0.251 e. The van der Waals surface area contributed by atoms with Gasteiger partial charge in [0.15, 0.2) is 0 Å². The molecule has 1 heterocycles. The predicted molar refractivity (Wildman–Crippen MR) is 71.4 cm³/mol. The lowest BCUT2D eigenvalue weighted by Gasteiger charge is -2.18. The van der Waals surface area contributed by atoms with Gasteiger partial charge in [-0.2, -0.15) is 18.4 Å². The molecule has 1 aromatic heterocycles. The van der Waals surface area contributed by atoms with Gasteiger partial charge in [0.2, 0.25) is 6.19 Å². The third kappa shape index (κ3) is 3.94. The van der Waals surface area contributed by atoms with Crippen LogP contribution in [0.5, 0.6) is 0 Å². The van der Waals surface area contributed by atoms with Crippen LogP contribution in [0.4, 0.5) is 13.2 Å². The Morgan fingerprint density at radius 2 is 2.19 bits per heavy atom. The van der Waals surface area contributed by atoms with Crippen molar-refractivity contribution >= 4 is 9.73 Å². The molecule has 0 saturated heterocycles. The van der Waals surface area contributed by atoms with Gasteiger partial charge in [0.25, 0.3) is 0 Å². The Balaban J connectivity index is 2.35. The molecule has 0 N–H and O–H groups in total. The Bertz CT molecular complexity index is 665. The molecule has 0 amide bonds. The molecule has 114 valence electrons. The van der Waals surface area contributed by atoms with E-state index in [0.717, 1.165) is 25.1 Å². The molecule has 0 radical (unpaired) electrons. The average molecular weight is 317 g/mol. The second kappa shape index (κ2) is 5.64. The lowest BCUT2D eigenvalue weighted by molar-refractivity contribution is -0.141. The number of alkyl halides is 3. The van der Waals surface area contributed by atoms with Crippen LogP contribution in [0.1, 0.15) is 35.8 Å². The molecule has 1 aliphatic carbocycles. The minimum Gasteiger partial charge on any atom is -0.251 e. The molecular formula is C13H14F3N3OS. The van der Waals surface area contributed by atoms with Crippen LogP contribution in [0.15, 0.2) is 22.7 Å². The third-order valence-corrected chi connectivity index (χ3v) is 5.41. The van der Waals surface area contributed by atoms with Crippen molar-refractivity contribution in [1.82, 2.24) is 4.98 Å². The van der Waals surface area contributed by atoms with Crippen LogP contribution in [0.25, 0.3) is 0 Å². The maximum atomic E-state index is 12.5. The van der Waals surface area contributed by atoms with E-state index >= 15 is 0 Å². The summed E-state index contributed by atoms with van der Waals surface area (Å²) < 4.78 is 53.5. The molecule has 0 aliphatic heterocycles. The van der Waals surface area contributed by atoms with E-state index in [9.17, 15) is 17.4 Å². The summed E-state index contributed by atoms with van der Waals surface area (Å²) in [6, 6.07) is 2.15. The fourth-order valence-corrected chi connectivity index (χ4v) is 3.69. The number of rotatable bonds is 4. The van der Waals surface area contributed by atoms with Gasteiger partial charge in [-0.3, -0.25) is 4.98 Å². The van der Waals surface area contributed by atoms with Crippen LogP contribution in [-0.2, 0) is 15.9 Å². The number of halogens is 3. The molecule has 8 heteroatoms. The molecule has 2 atom stereocenters. The first kappa shape index (κ1) is 15.8. The topological polar surface area (TPSA) is 66.1 Å². The zero-order valence-electron chi connectivity index (χ0n) is 11.3. The molecule has 2 rings (SSSR count). The van der Waals surface area contributed by atoms with Crippen LogP contribution in [0, 0.1) is 17.4 Å². The number of nitrogens with zero attached hydrogens (tertiary/aromatic N) is 3. The van der Waals surface area contributed by atoms with Gasteiger partial charge < -0.3 is 0 Å². The van der Waals surface area contributed by atoms with Crippen LogP contribution in [0.2, 0.25) is 0 Å². The molecule has 0 bridgehead atoms. The minimum atomic E-state index is -4.50. The molecule has 0 spiro atoms. The van der Waals surface area contributed by atoms with Crippen molar-refractivity contribution in [3.63, 3.8) is 0 Å². The van der Waals surface area contributed by atoms with Crippen LogP contribution in [-0.4, -0.2) is 15.4 Å². The fraction of sp³-hybridized carbons (Fsp3) is 0.538. The van der Waals surface area contributed by atoms with Crippen LogP contribution >= 0.6 is 0 Å². The molecule has 21 heavy (non-hydrogen) atoms. The Morgan fingerprint density at radius 1 is 1.52 bits per heavy atom. The van der Waals surface area contributed by atoms with Crippen molar-refractivity contribution in [2.45, 2.75) is 30.7 Å². The zero-order chi connectivity index (χ0) is 15.7. The monoisotopic (exact) mass is 317 g/mol. The Hall–Kier alpha value is -1.62. The standard InChI is InChI=1S/C13H14F3N3OS/c1-21(20,19-8-17)11(6-9-2-3-9)10-4-5-12(18-7-10)13(14,15)16/h4-5,7,9,11H,2-3,6H2,1H3. The molecule has 2 unspecified atom stereocenters. The highest BCUT2D eigenvalue weighted by atomic mass is 32.2. The largest absolute Gasteiger partial charge is 0.433 e. The van der Waals surface area contributed by atoms with E-state index in [0.29, 0.717) is 17.9 Å². The first-order valence-electron chi connectivity index (χ1n) is 6.36. The van der Waals surface area contributed by atoms with E-state index in [1.807, 2.05) is 0 Å². The van der Waals surface area contributed by atoms with Gasteiger partial charge in [0, 0.05) is 12.5 Å². The van der Waals surface area contributed by atoms with E-state index < -0.39 is 26.8 Å². The summed E-state index contributed by atoms with van der Waals surface area (Å²) in [4.78, 5) is 3.40. The summed E-state index contributed by atoms with van der Waals surface area (Å²) in [5.74, 6) is 0.395. The summed E-state index contributed by atoms with van der Waals surface area (Å²) >= 11 is 0. The van der Waals surface area contributed by atoms with Crippen molar-refractivity contribution in [1.29, 1.82) is 5.26 Å². The Labute approximate surface area is 121 Å². The minimum absolute atomic E-state index is 0.395. The van der Waals surface area contributed by atoms with Crippen molar-refractivity contribution in [3.8, 4) is 6.19 Å². The SMILES string of the molecule is CS(=O)(=NC#N)C(CC1CC1)c1ccc(C(F)(F)F)nc1. The molecule has 1 saturated carbocycles. The highest BCUT2D eigenvalue weighted by molar-refractivity contribution is 7.93. The Morgan fingerprint density at radius 3 is 2.62 bits per heavy atom. The summed E-state index contributed by atoms with van der Waals surface area (Å²) in [6.07, 6.45) is 2.05. The zero-order valence-corrected chi connectivity index (χ0v) is 12.1. The van der Waals surface area contributed by atoms with E-state index in [1.165, 1.54) is 18.5 Å². The number of nitriles is 1. The Kier molecular flexibility index (Phi) is 4.23. The average Bonchev–Trinajstić information content (AvgIpc) is 3.19. The fourth-order valence-electron chi connectivity index (χ4n) is 2.13. The van der Waals surface area contributed by atoms with Crippen molar-refractivity contribution in [2.24, 2.45) is 10.3 Å². The number of hydrogen-bond acceptors (Lipinski definition) is 4. The van der Waals surface area contributed by atoms with Gasteiger partial charge >= 0.3 is 6.18 Å². The maximum absolute atomic E-state index is 12.5. The van der Waals surface area contributed by atoms with Gasteiger partial charge in [-0.05, 0) is 24.0 Å². The van der Waals surface area contributed by atoms with Crippen LogP contribution in [0.3, 0.4) is 0 Å². The summed E-state index contributed by atoms with van der Waals surface area (Å²) in [6.45, 7) is 0. The first-order valence-corrected chi connectivity index (χ1v) is 8.35. The van der Waals surface area contributed by atoms with E-state index in [1.54, 1.807) is 0 Å². The van der Waals surface area contributed by atoms with E-state index in [-0.39, 0.29) is 0 Å². The van der Waals surface area contributed by atoms with E-state index in [2.05, 4.69) is 9.35 Å². The molecule has 1 aromatic rings. The van der Waals surface area contributed by atoms with Gasteiger partial charge in [0.05, 0.1) is 15.0 Å². The molecule has 1 fully saturated rings. The third-order valence-electron chi connectivity index (χ3n) is 3.44. The second-order valence-corrected chi connectivity index (χ2v) is 7.67. The van der Waals surface area contributed by atoms with Crippen molar-refractivity contribution in [3.05, 3.63) is 29.6 Å². The maximum Gasteiger partial charge on any atom is 0.433 e. The molecule has 0 aromatic carbocycles. The van der Waals surface area contributed by atoms with Gasteiger partial charge in [-0.1, -0.05) is 18.9 Å². The first-order chi connectivity index (χ1) is 9.74. The second-order valence-electron chi connectivity index (χ2n) is 5.19.